The van der Waals surface area contributed by atoms with Crippen LogP contribution in [0.3, 0.4) is 0 Å². The molecule has 1 aliphatic heterocycles. The van der Waals surface area contributed by atoms with Crippen LogP contribution in [0.1, 0.15) is 26.2 Å². The first kappa shape index (κ1) is 14.2. The van der Waals surface area contributed by atoms with Crippen molar-refractivity contribution >= 4 is 34.1 Å². The van der Waals surface area contributed by atoms with Gasteiger partial charge in [0.25, 0.3) is 0 Å². The summed E-state index contributed by atoms with van der Waals surface area (Å²) in [6.07, 6.45) is 2.76. The number of hydrogen-bond donors (Lipinski definition) is 2. The zero-order valence-electron chi connectivity index (χ0n) is 9.79. The molecule has 0 spiro atoms. The Morgan fingerprint density at radius 1 is 1.62 bits per heavy atom. The lowest BCUT2D eigenvalue weighted by molar-refractivity contribution is 0.216. The molecule has 16 heavy (non-hydrogen) atoms. The van der Waals surface area contributed by atoms with Gasteiger partial charge < -0.3 is 15.3 Å². The van der Waals surface area contributed by atoms with Crippen molar-refractivity contribution in [2.24, 2.45) is 0 Å². The van der Waals surface area contributed by atoms with Gasteiger partial charge in [0.2, 0.25) is 0 Å². The predicted octanol–water partition coefficient (Wildman–Crippen LogP) is 1.26. The van der Waals surface area contributed by atoms with Crippen LogP contribution >= 0.6 is 21.8 Å². The minimum Gasteiger partial charge on any atom is -0.399 e. The molecule has 94 valence electrons. The maximum atomic E-state index is 11.4. The third kappa shape index (κ3) is 4.21. The van der Waals surface area contributed by atoms with E-state index in [9.17, 15) is 9.90 Å². The van der Waals surface area contributed by atoms with E-state index in [0.29, 0.717) is 11.8 Å². The molecule has 2 amide bonds. The second-order valence-corrected chi connectivity index (χ2v) is 11.4. The first-order chi connectivity index (χ1) is 7.69. The maximum absolute atomic E-state index is 11.4. The summed E-state index contributed by atoms with van der Waals surface area (Å²) in [5, 5.41) is 12.1. The van der Waals surface area contributed by atoms with E-state index in [1.54, 1.807) is 0 Å². The molecule has 0 aliphatic carbocycles. The van der Waals surface area contributed by atoms with E-state index < -0.39 is 6.29 Å². The minimum atomic E-state index is -1.03. The lowest BCUT2D eigenvalue weighted by atomic mass is 10.2. The van der Waals surface area contributed by atoms with Gasteiger partial charge in [-0.3, -0.25) is 0 Å². The Morgan fingerprint density at radius 2 is 2.38 bits per heavy atom. The third-order valence-electron chi connectivity index (χ3n) is 3.06. The molecule has 1 aliphatic rings. The largest absolute Gasteiger partial charge is 0.399 e. The average molecular weight is 356 g/mol. The van der Waals surface area contributed by atoms with Crippen LogP contribution in [0.5, 0.6) is 0 Å². The van der Waals surface area contributed by atoms with E-state index in [0.717, 1.165) is 26.1 Å². The zero-order chi connectivity index (χ0) is 12.0. The van der Waals surface area contributed by atoms with Crippen LogP contribution in [0, 0.1) is 0 Å². The predicted molar refractivity (Wildman–Crippen MR) is 76.5 cm³/mol. The van der Waals surface area contributed by atoms with E-state index in [4.69, 9.17) is 0 Å². The van der Waals surface area contributed by atoms with Crippen LogP contribution in [0.4, 0.5) is 4.79 Å². The number of aliphatic hydroxyl groups excluding tert-OH is 1. The van der Waals surface area contributed by atoms with E-state index in [1.807, 2.05) is 4.90 Å². The molecule has 0 radical (unpaired) electrons. The highest BCUT2D eigenvalue weighted by molar-refractivity contribution is 14.1. The van der Waals surface area contributed by atoms with Crippen LogP contribution in [0.2, 0.25) is 5.54 Å². The van der Waals surface area contributed by atoms with Crippen molar-refractivity contribution in [3.63, 3.8) is 0 Å². The van der Waals surface area contributed by atoms with Crippen molar-refractivity contribution in [2.75, 3.05) is 25.9 Å². The van der Waals surface area contributed by atoms with Crippen LogP contribution in [-0.2, 0) is 0 Å². The van der Waals surface area contributed by atoms with Gasteiger partial charge in [0, 0.05) is 25.9 Å². The number of carbonyl (C=O) groups is 1. The molecule has 0 saturated carbocycles. The minimum absolute atomic E-state index is 0.0749. The highest BCUT2D eigenvalue weighted by Crippen LogP contribution is 2.26. The van der Waals surface area contributed by atoms with E-state index in [2.05, 4.69) is 34.0 Å². The molecule has 0 aromatic rings. The summed E-state index contributed by atoms with van der Waals surface area (Å²) in [5.74, 6) is 0. The van der Waals surface area contributed by atoms with Crippen LogP contribution in [0.15, 0.2) is 0 Å². The second kappa shape index (κ2) is 7.49. The van der Waals surface area contributed by atoms with Crippen molar-refractivity contribution in [1.29, 1.82) is 0 Å². The Kier molecular flexibility index (Phi) is 6.67. The zero-order valence-corrected chi connectivity index (χ0v) is 13.1. The number of carbonyl (C=O) groups excluding carboxylic acids is 1. The fraction of sp³-hybridized carbons (Fsp3) is 0.900. The highest BCUT2D eigenvalue weighted by atomic mass is 127. The van der Waals surface area contributed by atoms with Gasteiger partial charge in [0.1, 0.15) is 6.29 Å². The average Bonchev–Trinajstić information content (AvgIpc) is 2.69. The fourth-order valence-corrected chi connectivity index (χ4v) is 5.73. The van der Waals surface area contributed by atoms with Gasteiger partial charge in [-0.15, -0.1) is 21.8 Å². The van der Waals surface area contributed by atoms with E-state index in [-0.39, 0.29) is 6.03 Å². The first-order valence-corrected chi connectivity index (χ1v) is 11.6. The summed E-state index contributed by atoms with van der Waals surface area (Å²) in [5.41, 5.74) is 0.656. The third-order valence-corrected chi connectivity index (χ3v) is 9.33. The number of nitrogens with zero attached hydrogens (tertiary/aromatic N) is 1. The normalized spacial score (nSPS) is 19.7. The molecule has 1 fully saturated rings. The molecule has 1 heterocycles. The Morgan fingerprint density at radius 3 is 2.88 bits per heavy atom. The van der Waals surface area contributed by atoms with Crippen molar-refractivity contribution in [3.8, 4) is 0 Å². The molecular weight excluding hydrogens is 335 g/mol. The summed E-state index contributed by atoms with van der Waals surface area (Å²) in [6, 6.07) is 0.0749. The van der Waals surface area contributed by atoms with Gasteiger partial charge >= 0.3 is 6.03 Å². The van der Waals surface area contributed by atoms with Gasteiger partial charge in [0.15, 0.2) is 0 Å². The number of amides is 2. The summed E-state index contributed by atoms with van der Waals surface area (Å²) < 4.78 is 0. The Bertz CT molecular complexity index is 231. The molecule has 0 aromatic carbocycles. The van der Waals surface area contributed by atoms with Crippen LogP contribution in [0.25, 0.3) is 0 Å². The number of urea groups is 1. The van der Waals surface area contributed by atoms with Gasteiger partial charge in [-0.2, -0.15) is 0 Å². The van der Waals surface area contributed by atoms with Gasteiger partial charge in [0.05, 0.1) is 0 Å². The lowest BCUT2D eigenvalue weighted by Gasteiger charge is -2.22. The van der Waals surface area contributed by atoms with Gasteiger partial charge in [-0.25, -0.2) is 4.79 Å². The summed E-state index contributed by atoms with van der Waals surface area (Å²) in [7, 11) is 0. The van der Waals surface area contributed by atoms with Crippen molar-refractivity contribution in [3.05, 3.63) is 0 Å². The first-order valence-electron chi connectivity index (χ1n) is 5.96. The Hall–Kier alpha value is 0.177. The highest BCUT2D eigenvalue weighted by Gasteiger charge is 2.23. The number of aliphatic hydroxyl groups is 1. The van der Waals surface area contributed by atoms with Crippen LogP contribution in [-0.4, -0.2) is 48.2 Å². The number of rotatable bonds is 7. The van der Waals surface area contributed by atoms with E-state index >= 15 is 0 Å². The molecule has 6 heteroatoms. The smallest absolute Gasteiger partial charge is 0.317 e. The summed E-state index contributed by atoms with van der Waals surface area (Å²) in [6.45, 7) is 4.65. The van der Waals surface area contributed by atoms with Crippen molar-refractivity contribution in [1.82, 2.24) is 10.2 Å². The molecule has 2 N–H and O–H groups in total. The quantitative estimate of drug-likeness (QED) is 0.410. The monoisotopic (exact) mass is 356 g/mol. The van der Waals surface area contributed by atoms with Crippen molar-refractivity contribution < 1.29 is 9.90 Å². The molecule has 0 bridgehead atoms. The molecule has 4 nitrogen and oxygen atoms in total. The lowest BCUT2D eigenvalue weighted by Crippen LogP contribution is -2.31. The number of nitrogens with one attached hydrogen (secondary N) is 1. The number of hydrogen-bond acceptors (Lipinski definition) is 2. The molecule has 1 rings (SSSR count). The molecule has 1 saturated heterocycles. The fourth-order valence-electron chi connectivity index (χ4n) is 2.07. The van der Waals surface area contributed by atoms with Gasteiger partial charge in [-0.1, -0.05) is 19.8 Å². The molecule has 2 unspecified atom stereocenters. The SMILES string of the molecule is CCCC(CCN1CCNC1=O)[SiH](I)CO. The maximum Gasteiger partial charge on any atom is 0.317 e. The Labute approximate surface area is 112 Å². The summed E-state index contributed by atoms with van der Waals surface area (Å²) in [4.78, 5) is 13.2. The molecular formula is C10H21IN2O2Si. The van der Waals surface area contributed by atoms with Gasteiger partial charge in [-0.05, 0) is 12.0 Å². The van der Waals surface area contributed by atoms with Crippen molar-refractivity contribution in [2.45, 2.75) is 31.7 Å². The topological polar surface area (TPSA) is 52.6 Å². The number of halogens is 1. The van der Waals surface area contributed by atoms with E-state index in [1.165, 1.54) is 12.8 Å². The second-order valence-electron chi connectivity index (χ2n) is 4.25. The van der Waals surface area contributed by atoms with Crippen LogP contribution < -0.4 is 5.32 Å². The molecule has 0 aromatic heterocycles. The standard InChI is InChI=1S/C10H21IN2O2Si/c1-2-3-9(16(11)8-14)4-6-13-7-5-12-10(13)15/h9,14,16H,2-8H2,1H3,(H,12,15). The summed E-state index contributed by atoms with van der Waals surface area (Å²) >= 11 is 2.45. The Balaban J connectivity index is 2.33. The molecule has 2 atom stereocenters.